The molecule has 0 N–H and O–H groups in total. The van der Waals surface area contributed by atoms with Crippen LogP contribution in [0, 0.1) is 0 Å². The standard InChI is InChI=1S/C59H40/c1-59(2)53-33-42(41-12-7-13-43(32-41)46-25-17-38-15-14-36-10-6-11-37-19-29-51(46)56(38)55(36)37)22-27-48(53)49-28-23-44(34-54(49)59)47-26-18-40-20-30-50-45(35-8-4-3-5-9-35)24-16-39-21-31-52(47)58(40)57(39)50/h3-19,21-34,45H,20H2,1-2H3. The highest BCUT2D eigenvalue weighted by atomic mass is 14.4. The van der Waals surface area contributed by atoms with Gasteiger partial charge in [0.1, 0.15) is 0 Å². The van der Waals surface area contributed by atoms with Crippen molar-refractivity contribution < 1.29 is 0 Å². The van der Waals surface area contributed by atoms with Crippen molar-refractivity contribution in [3.05, 3.63) is 215 Å². The second-order valence-corrected chi connectivity index (χ2v) is 17.5. The van der Waals surface area contributed by atoms with Crippen molar-refractivity contribution in [1.82, 2.24) is 0 Å². The Morgan fingerprint density at radius 2 is 1.05 bits per heavy atom. The minimum Gasteiger partial charge on any atom is -0.0753 e. The van der Waals surface area contributed by atoms with E-state index in [9.17, 15) is 0 Å². The highest BCUT2D eigenvalue weighted by molar-refractivity contribution is 6.25. The molecule has 3 aliphatic carbocycles. The number of allylic oxidation sites excluding steroid dienone is 3. The highest BCUT2D eigenvalue weighted by Crippen LogP contribution is 2.53. The molecule has 10 aromatic carbocycles. The summed E-state index contributed by atoms with van der Waals surface area (Å²) in [6.07, 6.45) is 8.18. The van der Waals surface area contributed by atoms with Crippen LogP contribution in [0.2, 0.25) is 0 Å². The van der Waals surface area contributed by atoms with Crippen LogP contribution in [0.25, 0.3) is 99.2 Å². The van der Waals surface area contributed by atoms with Gasteiger partial charge in [0, 0.05) is 11.3 Å². The minimum atomic E-state index is -0.148. The predicted molar refractivity (Wildman–Crippen MR) is 251 cm³/mol. The molecule has 59 heavy (non-hydrogen) atoms. The number of fused-ring (bicyclic) bond motifs is 3. The molecule has 0 saturated heterocycles. The third-order valence-corrected chi connectivity index (χ3v) is 14.1. The second kappa shape index (κ2) is 12.0. The molecule has 0 bridgehead atoms. The average Bonchev–Trinajstić information content (AvgIpc) is 3.52. The molecule has 0 saturated carbocycles. The Morgan fingerprint density at radius 1 is 0.458 bits per heavy atom. The van der Waals surface area contributed by atoms with Crippen LogP contribution in [0.3, 0.4) is 0 Å². The lowest BCUT2D eigenvalue weighted by molar-refractivity contribution is 0.661. The van der Waals surface area contributed by atoms with Gasteiger partial charge in [-0.25, -0.2) is 0 Å². The molecule has 1 unspecified atom stereocenters. The van der Waals surface area contributed by atoms with Gasteiger partial charge in [0.2, 0.25) is 0 Å². The Hall–Kier alpha value is -7.02. The lowest BCUT2D eigenvalue weighted by Gasteiger charge is -2.30. The van der Waals surface area contributed by atoms with E-state index in [0.29, 0.717) is 0 Å². The van der Waals surface area contributed by atoms with Crippen molar-refractivity contribution >= 4 is 54.7 Å². The summed E-state index contributed by atoms with van der Waals surface area (Å²) in [6, 6.07) is 64.4. The molecule has 0 fully saturated rings. The first-order valence-corrected chi connectivity index (χ1v) is 21.1. The smallest absolute Gasteiger partial charge is 0.0276 e. The molecular formula is C59H40. The molecule has 3 aliphatic rings. The van der Waals surface area contributed by atoms with Crippen LogP contribution in [-0.2, 0) is 11.8 Å². The molecule has 10 aromatic rings. The lowest BCUT2D eigenvalue weighted by Crippen LogP contribution is -2.15. The van der Waals surface area contributed by atoms with Gasteiger partial charge in [-0.15, -0.1) is 0 Å². The maximum absolute atomic E-state index is 2.49. The van der Waals surface area contributed by atoms with Gasteiger partial charge in [0.05, 0.1) is 0 Å². The van der Waals surface area contributed by atoms with E-state index in [1.54, 1.807) is 0 Å². The van der Waals surface area contributed by atoms with Crippen molar-refractivity contribution in [2.45, 2.75) is 31.6 Å². The molecule has 0 radical (unpaired) electrons. The highest BCUT2D eigenvalue weighted by Gasteiger charge is 2.36. The van der Waals surface area contributed by atoms with E-state index in [1.807, 2.05) is 0 Å². The van der Waals surface area contributed by atoms with Gasteiger partial charge in [-0.1, -0.05) is 184 Å². The van der Waals surface area contributed by atoms with E-state index in [2.05, 4.69) is 202 Å². The molecule has 0 nitrogen and oxygen atoms in total. The summed E-state index contributed by atoms with van der Waals surface area (Å²) in [5, 5.41) is 10.7. The summed E-state index contributed by atoms with van der Waals surface area (Å²) >= 11 is 0. The van der Waals surface area contributed by atoms with E-state index in [1.165, 1.54) is 127 Å². The van der Waals surface area contributed by atoms with Crippen LogP contribution in [0.5, 0.6) is 0 Å². The topological polar surface area (TPSA) is 0 Å². The molecule has 0 amide bonds. The molecule has 0 spiro atoms. The first-order chi connectivity index (χ1) is 29.0. The van der Waals surface area contributed by atoms with Crippen LogP contribution in [-0.4, -0.2) is 0 Å². The Balaban J connectivity index is 0.880. The molecule has 0 aliphatic heterocycles. The predicted octanol–water partition coefficient (Wildman–Crippen LogP) is 15.8. The Morgan fingerprint density at radius 3 is 1.86 bits per heavy atom. The van der Waals surface area contributed by atoms with Gasteiger partial charge in [-0.05, 0) is 151 Å². The van der Waals surface area contributed by atoms with E-state index in [4.69, 9.17) is 0 Å². The zero-order valence-corrected chi connectivity index (χ0v) is 33.2. The molecule has 276 valence electrons. The number of hydrogen-bond donors (Lipinski definition) is 0. The maximum Gasteiger partial charge on any atom is 0.0276 e. The van der Waals surface area contributed by atoms with Crippen molar-refractivity contribution in [3.8, 4) is 44.5 Å². The van der Waals surface area contributed by atoms with Crippen molar-refractivity contribution in [3.63, 3.8) is 0 Å². The quantitative estimate of drug-likeness (QED) is 0.157. The van der Waals surface area contributed by atoms with Crippen LogP contribution in [0.1, 0.15) is 53.1 Å². The zero-order valence-electron chi connectivity index (χ0n) is 33.2. The average molecular weight is 749 g/mol. The zero-order chi connectivity index (χ0) is 39.0. The molecule has 0 aromatic heterocycles. The second-order valence-electron chi connectivity index (χ2n) is 17.5. The van der Waals surface area contributed by atoms with Crippen LogP contribution in [0.15, 0.2) is 182 Å². The van der Waals surface area contributed by atoms with Crippen LogP contribution >= 0.6 is 0 Å². The van der Waals surface area contributed by atoms with E-state index in [0.717, 1.165) is 6.42 Å². The third-order valence-electron chi connectivity index (χ3n) is 14.1. The lowest BCUT2D eigenvalue weighted by atomic mass is 9.74. The van der Waals surface area contributed by atoms with Crippen molar-refractivity contribution in [1.29, 1.82) is 0 Å². The van der Waals surface area contributed by atoms with Crippen LogP contribution in [0.4, 0.5) is 0 Å². The first kappa shape index (κ1) is 33.0. The first-order valence-electron chi connectivity index (χ1n) is 21.1. The minimum absolute atomic E-state index is 0.148. The molecule has 0 heteroatoms. The molecular weight excluding hydrogens is 709 g/mol. The maximum atomic E-state index is 2.49. The summed E-state index contributed by atoms with van der Waals surface area (Å²) < 4.78 is 0. The Labute approximate surface area is 344 Å². The fourth-order valence-electron chi connectivity index (χ4n) is 11.2. The SMILES string of the molecule is CC1(C)c2cc(-c3cccc(-c4ccc5ccc6cccc7ccc4c5c67)c3)ccc2-c2ccc(-c3ccc4c5c6c(ccc35)C=CC(c3ccccc3)C6=CC4)cc21. The van der Waals surface area contributed by atoms with Gasteiger partial charge in [-0.2, -0.15) is 0 Å². The largest absolute Gasteiger partial charge is 0.0753 e. The Kier molecular flexibility index (Phi) is 6.72. The molecule has 0 heterocycles. The van der Waals surface area contributed by atoms with Crippen molar-refractivity contribution in [2.24, 2.45) is 0 Å². The Bertz CT molecular complexity index is 3470. The molecule has 13 rings (SSSR count). The summed E-state index contributed by atoms with van der Waals surface area (Å²) in [5.41, 5.74) is 20.0. The number of hydrogen-bond acceptors (Lipinski definition) is 0. The van der Waals surface area contributed by atoms with Crippen molar-refractivity contribution in [2.75, 3.05) is 0 Å². The van der Waals surface area contributed by atoms with Gasteiger partial charge < -0.3 is 0 Å². The summed E-state index contributed by atoms with van der Waals surface area (Å²) in [6.45, 7) is 4.82. The normalized spacial score (nSPS) is 15.9. The summed E-state index contributed by atoms with van der Waals surface area (Å²) in [7, 11) is 0. The fraction of sp³-hybridized carbons (Fsp3) is 0.0847. The number of rotatable bonds is 4. The van der Waals surface area contributed by atoms with Crippen LogP contribution < -0.4 is 0 Å². The van der Waals surface area contributed by atoms with Gasteiger partial charge in [0.25, 0.3) is 0 Å². The van der Waals surface area contributed by atoms with Gasteiger partial charge in [-0.3, -0.25) is 0 Å². The van der Waals surface area contributed by atoms with E-state index in [-0.39, 0.29) is 11.3 Å². The third kappa shape index (κ3) is 4.66. The summed E-state index contributed by atoms with van der Waals surface area (Å²) in [5.74, 6) is 0.283. The summed E-state index contributed by atoms with van der Waals surface area (Å²) in [4.78, 5) is 0. The van der Waals surface area contributed by atoms with Gasteiger partial charge in [0.15, 0.2) is 0 Å². The van der Waals surface area contributed by atoms with E-state index >= 15 is 0 Å². The number of benzene rings is 10. The molecule has 1 atom stereocenters. The van der Waals surface area contributed by atoms with E-state index < -0.39 is 0 Å². The van der Waals surface area contributed by atoms with Gasteiger partial charge >= 0.3 is 0 Å². The fourth-order valence-corrected chi connectivity index (χ4v) is 11.2. The monoisotopic (exact) mass is 748 g/mol.